The topological polar surface area (TPSA) is 269 Å². The Morgan fingerprint density at radius 3 is 1.35 bits per heavy atom. The molecular weight excluding hydrogens is 472 g/mol. The first kappa shape index (κ1) is 27.9. The molecule has 3 aliphatic heterocycles. The molecule has 15 atom stereocenters. The van der Waals surface area contributed by atoms with Crippen LogP contribution in [0.3, 0.4) is 0 Å². The monoisotopic (exact) mass is 504 g/mol. The van der Waals surface area contributed by atoms with Gasteiger partial charge in [-0.2, -0.15) is 0 Å². The van der Waals surface area contributed by atoms with E-state index >= 15 is 0 Å². The molecule has 0 aromatic rings. The number of hydrogen-bond acceptors (Lipinski definition) is 16. The Kier molecular flexibility index (Phi) is 9.54. The third-order valence-corrected chi connectivity index (χ3v) is 6.09. The summed E-state index contributed by atoms with van der Waals surface area (Å²) in [7, 11) is 0. The summed E-state index contributed by atoms with van der Waals surface area (Å²) in [6, 6.07) is 0. The number of ether oxygens (including phenoxy) is 5. The van der Waals surface area contributed by atoms with Crippen molar-refractivity contribution in [3.05, 3.63) is 0 Å². The van der Waals surface area contributed by atoms with Crippen LogP contribution >= 0.6 is 0 Å². The first-order chi connectivity index (χ1) is 16.0. The molecule has 200 valence electrons. The predicted octanol–water partition coefficient (Wildman–Crippen LogP) is -7.57. The average molecular weight is 504 g/mol. The lowest BCUT2D eigenvalue weighted by molar-refractivity contribution is -0.377. The van der Waals surface area contributed by atoms with Gasteiger partial charge >= 0.3 is 0 Å². The number of hydrogen-bond donors (Lipinski definition) is 11. The van der Waals surface area contributed by atoms with Crippen molar-refractivity contribution in [2.45, 2.75) is 92.1 Å². The highest BCUT2D eigenvalue weighted by Gasteiger charge is 2.53. The number of aliphatic hydroxyl groups excluding tert-OH is 11. The summed E-state index contributed by atoms with van der Waals surface area (Å²) in [5.74, 6) is 0. The van der Waals surface area contributed by atoms with Crippen LogP contribution in [0.5, 0.6) is 0 Å². The fourth-order valence-electron chi connectivity index (χ4n) is 4.06. The van der Waals surface area contributed by atoms with Gasteiger partial charge in [0.15, 0.2) is 18.9 Å². The summed E-state index contributed by atoms with van der Waals surface area (Å²) in [5.41, 5.74) is 0. The normalized spacial score (nSPS) is 52.5. The summed E-state index contributed by atoms with van der Waals surface area (Å²) < 4.78 is 26.4. The molecule has 0 aliphatic carbocycles. The van der Waals surface area contributed by atoms with Crippen LogP contribution in [0.4, 0.5) is 0 Å². The van der Waals surface area contributed by atoms with Crippen LogP contribution in [0.1, 0.15) is 0 Å². The zero-order chi connectivity index (χ0) is 25.3. The number of rotatable bonds is 7. The van der Waals surface area contributed by atoms with Crippen LogP contribution in [0.2, 0.25) is 0 Å². The molecule has 3 aliphatic rings. The van der Waals surface area contributed by atoms with Crippen molar-refractivity contribution in [1.82, 2.24) is 0 Å². The van der Waals surface area contributed by atoms with Crippen LogP contribution < -0.4 is 0 Å². The second-order valence-electron chi connectivity index (χ2n) is 8.33. The minimum atomic E-state index is -1.91. The molecule has 34 heavy (non-hydrogen) atoms. The second kappa shape index (κ2) is 11.6. The molecule has 16 nitrogen and oxygen atoms in total. The van der Waals surface area contributed by atoms with Gasteiger partial charge in [0.2, 0.25) is 0 Å². The van der Waals surface area contributed by atoms with Gasteiger partial charge in [-0.15, -0.1) is 0 Å². The molecule has 0 radical (unpaired) electrons. The van der Waals surface area contributed by atoms with E-state index in [4.69, 9.17) is 23.7 Å². The largest absolute Gasteiger partial charge is 0.394 e. The van der Waals surface area contributed by atoms with Crippen LogP contribution in [0, 0.1) is 0 Å². The minimum absolute atomic E-state index is 0.741. The zero-order valence-electron chi connectivity index (χ0n) is 17.7. The van der Waals surface area contributed by atoms with Gasteiger partial charge in [0.25, 0.3) is 0 Å². The molecule has 16 heteroatoms. The van der Waals surface area contributed by atoms with E-state index in [2.05, 4.69) is 0 Å². The van der Waals surface area contributed by atoms with E-state index < -0.39 is 112 Å². The molecule has 11 N–H and O–H groups in total. The Morgan fingerprint density at radius 1 is 0.441 bits per heavy atom. The third-order valence-electron chi connectivity index (χ3n) is 6.09. The lowest BCUT2D eigenvalue weighted by Crippen LogP contribution is -2.66. The van der Waals surface area contributed by atoms with E-state index in [-0.39, 0.29) is 0 Å². The van der Waals surface area contributed by atoms with Crippen LogP contribution in [0.15, 0.2) is 0 Å². The highest BCUT2D eigenvalue weighted by molar-refractivity contribution is 4.96. The molecule has 3 heterocycles. The highest BCUT2D eigenvalue weighted by Crippen LogP contribution is 2.32. The van der Waals surface area contributed by atoms with Crippen molar-refractivity contribution in [3.8, 4) is 0 Å². The van der Waals surface area contributed by atoms with Gasteiger partial charge in [-0.25, -0.2) is 0 Å². The fourth-order valence-corrected chi connectivity index (χ4v) is 4.06. The van der Waals surface area contributed by atoms with Crippen LogP contribution in [-0.2, 0) is 23.7 Å². The van der Waals surface area contributed by atoms with Crippen LogP contribution in [-0.4, -0.2) is 168 Å². The van der Waals surface area contributed by atoms with E-state index in [9.17, 15) is 56.2 Å². The molecule has 0 amide bonds. The minimum Gasteiger partial charge on any atom is -0.394 e. The van der Waals surface area contributed by atoms with E-state index in [1.54, 1.807) is 0 Å². The second-order valence-corrected chi connectivity index (χ2v) is 8.33. The summed E-state index contributed by atoms with van der Waals surface area (Å²) in [5, 5.41) is 109. The maximum absolute atomic E-state index is 10.6. The molecule has 0 unspecified atom stereocenters. The molecule has 0 saturated carbocycles. The zero-order valence-corrected chi connectivity index (χ0v) is 17.7. The Labute approximate surface area is 192 Å². The van der Waals surface area contributed by atoms with E-state index in [1.807, 2.05) is 0 Å². The maximum atomic E-state index is 10.6. The predicted molar refractivity (Wildman–Crippen MR) is 101 cm³/mol. The van der Waals surface area contributed by atoms with Gasteiger partial charge in [0.05, 0.1) is 19.8 Å². The maximum Gasteiger partial charge on any atom is 0.187 e. The first-order valence-corrected chi connectivity index (χ1v) is 10.6. The SMILES string of the molecule is OC[C@@H]1O[C@@H](O[C@H]2[C@@H](O)[C@H](O)[C@H](O)O[C@H]2CO)[C@@H](O)[C@H](O)[C@@H]1O[C@@H]1O[C@H](CO)[C@@H](O)[C@@H](O)[C@H]1O. The van der Waals surface area contributed by atoms with Crippen molar-refractivity contribution in [2.75, 3.05) is 19.8 Å². The molecule has 0 aromatic carbocycles. The van der Waals surface area contributed by atoms with Crippen molar-refractivity contribution < 1.29 is 79.9 Å². The van der Waals surface area contributed by atoms with E-state index in [1.165, 1.54) is 0 Å². The van der Waals surface area contributed by atoms with Crippen molar-refractivity contribution >= 4 is 0 Å². The van der Waals surface area contributed by atoms with E-state index in [0.29, 0.717) is 0 Å². The first-order valence-electron chi connectivity index (χ1n) is 10.6. The summed E-state index contributed by atoms with van der Waals surface area (Å²) in [6.07, 6.45) is -25.1. The summed E-state index contributed by atoms with van der Waals surface area (Å²) in [4.78, 5) is 0. The molecule has 0 aromatic heterocycles. The molecular formula is C18H32O16. The third kappa shape index (κ3) is 5.37. The van der Waals surface area contributed by atoms with Gasteiger partial charge < -0.3 is 79.9 Å². The smallest absolute Gasteiger partial charge is 0.187 e. The average Bonchev–Trinajstić information content (AvgIpc) is 2.83. The molecule has 3 fully saturated rings. The van der Waals surface area contributed by atoms with Crippen molar-refractivity contribution in [1.29, 1.82) is 0 Å². The molecule has 0 bridgehead atoms. The van der Waals surface area contributed by atoms with Crippen molar-refractivity contribution in [2.24, 2.45) is 0 Å². The van der Waals surface area contributed by atoms with Gasteiger partial charge in [0.1, 0.15) is 73.2 Å². The molecule has 3 rings (SSSR count). The highest BCUT2D eigenvalue weighted by atomic mass is 16.8. The van der Waals surface area contributed by atoms with Gasteiger partial charge in [-0.05, 0) is 0 Å². The summed E-state index contributed by atoms with van der Waals surface area (Å²) >= 11 is 0. The standard InChI is InChI=1S/C18H32O16/c19-1-4-7(22)8(23)12(27)17(31-4)34-15-6(3-21)32-18(13(28)10(15)25)33-14-5(2-20)30-16(29)11(26)9(14)24/h4-29H,1-3H2/t4-,5+,6+,7-,8-,9+,10+,11+,12-,13+,14-,15-,16-,17+,18+/m1/s1. The Morgan fingerprint density at radius 2 is 0.853 bits per heavy atom. The van der Waals surface area contributed by atoms with Gasteiger partial charge in [-0.3, -0.25) is 0 Å². The summed E-state index contributed by atoms with van der Waals surface area (Å²) in [6.45, 7) is -2.32. The fraction of sp³-hybridized carbons (Fsp3) is 1.00. The van der Waals surface area contributed by atoms with Crippen molar-refractivity contribution in [3.63, 3.8) is 0 Å². The molecule has 3 saturated heterocycles. The Hall–Kier alpha value is -0.640. The van der Waals surface area contributed by atoms with E-state index in [0.717, 1.165) is 0 Å². The van der Waals surface area contributed by atoms with Crippen LogP contribution in [0.25, 0.3) is 0 Å². The van der Waals surface area contributed by atoms with Gasteiger partial charge in [0, 0.05) is 0 Å². The lowest BCUT2D eigenvalue weighted by Gasteiger charge is -2.47. The number of aliphatic hydroxyl groups is 11. The Bertz CT molecular complexity index is 635. The van der Waals surface area contributed by atoms with Gasteiger partial charge in [-0.1, -0.05) is 0 Å². The Balaban J connectivity index is 1.72. The lowest BCUT2D eigenvalue weighted by atomic mass is 9.96. The quantitative estimate of drug-likeness (QED) is 0.154. The molecule has 0 spiro atoms.